The van der Waals surface area contributed by atoms with E-state index in [-0.39, 0.29) is 17.4 Å². The van der Waals surface area contributed by atoms with Crippen molar-refractivity contribution >= 4 is 5.91 Å². The van der Waals surface area contributed by atoms with Crippen LogP contribution in [-0.2, 0) is 0 Å². The summed E-state index contributed by atoms with van der Waals surface area (Å²) in [5.41, 5.74) is -0.0301. The average Bonchev–Trinajstić information content (AvgIpc) is 2.30. The van der Waals surface area contributed by atoms with Gasteiger partial charge in [-0.25, -0.2) is 4.39 Å². The topological polar surface area (TPSA) is 52.6 Å². The predicted molar refractivity (Wildman–Crippen MR) is 77.3 cm³/mol. The largest absolute Gasteiger partial charge is 0.507 e. The number of nitrogens with zero attached hydrogens (tertiary/aromatic N) is 1. The minimum atomic E-state index is -0.541. The van der Waals surface area contributed by atoms with E-state index in [1.807, 2.05) is 19.0 Å². The zero-order valence-corrected chi connectivity index (χ0v) is 12.5. The molecule has 0 aliphatic heterocycles. The maximum atomic E-state index is 13.2. The SMILES string of the molecule is CC(C)CC(CN(C)C)NC(=O)c1cc(F)ccc1O. The maximum absolute atomic E-state index is 13.2. The summed E-state index contributed by atoms with van der Waals surface area (Å²) in [7, 11) is 3.86. The maximum Gasteiger partial charge on any atom is 0.255 e. The van der Waals surface area contributed by atoms with Crippen LogP contribution in [0.25, 0.3) is 0 Å². The van der Waals surface area contributed by atoms with Crippen LogP contribution in [-0.4, -0.2) is 42.6 Å². The molecular weight excluding hydrogens is 259 g/mol. The third-order valence-electron chi connectivity index (χ3n) is 2.88. The number of carbonyl (C=O) groups excluding carboxylic acids is 1. The van der Waals surface area contributed by atoms with Gasteiger partial charge in [-0.15, -0.1) is 0 Å². The number of carbonyl (C=O) groups is 1. The summed E-state index contributed by atoms with van der Waals surface area (Å²) in [5.74, 6) is -0.770. The molecule has 1 unspecified atom stereocenters. The lowest BCUT2D eigenvalue weighted by Gasteiger charge is -2.24. The quantitative estimate of drug-likeness (QED) is 0.841. The van der Waals surface area contributed by atoms with Crippen LogP contribution in [0.1, 0.15) is 30.6 Å². The van der Waals surface area contributed by atoms with Gasteiger partial charge in [0, 0.05) is 12.6 Å². The van der Waals surface area contributed by atoms with Crippen LogP contribution in [0.4, 0.5) is 4.39 Å². The molecule has 0 radical (unpaired) electrons. The molecule has 1 aromatic carbocycles. The molecule has 1 rings (SSSR count). The Morgan fingerprint density at radius 3 is 2.60 bits per heavy atom. The normalized spacial score (nSPS) is 12.8. The Balaban J connectivity index is 2.81. The second-order valence-corrected chi connectivity index (χ2v) is 5.72. The molecule has 0 saturated heterocycles. The van der Waals surface area contributed by atoms with Crippen LogP contribution >= 0.6 is 0 Å². The summed E-state index contributed by atoms with van der Waals surface area (Å²) in [5, 5.41) is 12.5. The fourth-order valence-electron chi connectivity index (χ4n) is 2.14. The fourth-order valence-corrected chi connectivity index (χ4v) is 2.14. The lowest BCUT2D eigenvalue weighted by molar-refractivity contribution is 0.0921. The number of hydrogen-bond donors (Lipinski definition) is 2. The number of phenols is 1. The summed E-state index contributed by atoms with van der Waals surface area (Å²) in [6.07, 6.45) is 0.819. The molecule has 1 amide bonds. The highest BCUT2D eigenvalue weighted by Crippen LogP contribution is 2.18. The molecule has 0 fully saturated rings. The van der Waals surface area contributed by atoms with Crippen molar-refractivity contribution in [1.82, 2.24) is 10.2 Å². The molecule has 0 aliphatic rings. The minimum Gasteiger partial charge on any atom is -0.507 e. The van der Waals surface area contributed by atoms with Gasteiger partial charge < -0.3 is 15.3 Å². The second-order valence-electron chi connectivity index (χ2n) is 5.72. The molecule has 20 heavy (non-hydrogen) atoms. The number of rotatable bonds is 6. The number of likely N-dealkylation sites (N-methyl/N-ethyl adjacent to an activating group) is 1. The predicted octanol–water partition coefficient (Wildman–Crippen LogP) is 2.24. The Kier molecular flexibility index (Phi) is 5.95. The molecule has 0 saturated carbocycles. The van der Waals surface area contributed by atoms with E-state index in [0.717, 1.165) is 18.6 Å². The highest BCUT2D eigenvalue weighted by molar-refractivity contribution is 5.97. The van der Waals surface area contributed by atoms with Gasteiger partial charge in [0.1, 0.15) is 11.6 Å². The molecule has 1 atom stereocenters. The Labute approximate surface area is 119 Å². The first kappa shape index (κ1) is 16.4. The lowest BCUT2D eigenvalue weighted by atomic mass is 10.0. The fraction of sp³-hybridized carbons (Fsp3) is 0.533. The molecular formula is C15H23FN2O2. The van der Waals surface area contributed by atoms with E-state index in [9.17, 15) is 14.3 Å². The highest BCUT2D eigenvalue weighted by atomic mass is 19.1. The second kappa shape index (κ2) is 7.24. The number of halogens is 1. The molecule has 0 bridgehead atoms. The van der Waals surface area contributed by atoms with Gasteiger partial charge in [-0.1, -0.05) is 13.8 Å². The Bertz CT molecular complexity index is 451. The zero-order valence-electron chi connectivity index (χ0n) is 12.5. The molecule has 0 heterocycles. The van der Waals surface area contributed by atoms with Crippen molar-refractivity contribution in [2.45, 2.75) is 26.3 Å². The average molecular weight is 282 g/mol. The smallest absolute Gasteiger partial charge is 0.255 e. The number of aromatic hydroxyl groups is 1. The van der Waals surface area contributed by atoms with Crippen LogP contribution in [0.5, 0.6) is 5.75 Å². The molecule has 0 aliphatic carbocycles. The van der Waals surface area contributed by atoms with Crippen molar-refractivity contribution in [1.29, 1.82) is 0 Å². The summed E-state index contributed by atoms with van der Waals surface area (Å²) in [4.78, 5) is 14.1. The number of hydrogen-bond acceptors (Lipinski definition) is 3. The third-order valence-corrected chi connectivity index (χ3v) is 2.88. The first-order valence-corrected chi connectivity index (χ1v) is 6.73. The molecule has 4 nitrogen and oxygen atoms in total. The first-order chi connectivity index (χ1) is 9.29. The van der Waals surface area contributed by atoms with Crippen LogP contribution in [0.3, 0.4) is 0 Å². The lowest BCUT2D eigenvalue weighted by Crippen LogP contribution is -2.42. The van der Waals surface area contributed by atoms with Crippen molar-refractivity contribution in [2.75, 3.05) is 20.6 Å². The van der Waals surface area contributed by atoms with Gasteiger partial charge in [-0.3, -0.25) is 4.79 Å². The summed E-state index contributed by atoms with van der Waals surface area (Å²) in [6, 6.07) is 3.32. The van der Waals surface area contributed by atoms with Crippen LogP contribution < -0.4 is 5.32 Å². The summed E-state index contributed by atoms with van der Waals surface area (Å²) in [6.45, 7) is 4.85. The van der Waals surface area contributed by atoms with Crippen molar-refractivity contribution in [3.63, 3.8) is 0 Å². The van der Waals surface area contributed by atoms with E-state index >= 15 is 0 Å². The van der Waals surface area contributed by atoms with Crippen molar-refractivity contribution in [3.8, 4) is 5.75 Å². The van der Waals surface area contributed by atoms with E-state index in [0.29, 0.717) is 12.5 Å². The van der Waals surface area contributed by atoms with Crippen molar-refractivity contribution in [3.05, 3.63) is 29.6 Å². The Morgan fingerprint density at radius 1 is 1.40 bits per heavy atom. The summed E-state index contributed by atoms with van der Waals surface area (Å²) < 4.78 is 13.2. The first-order valence-electron chi connectivity index (χ1n) is 6.73. The molecule has 5 heteroatoms. The highest BCUT2D eigenvalue weighted by Gasteiger charge is 2.18. The number of benzene rings is 1. The molecule has 1 aromatic rings. The van der Waals surface area contributed by atoms with Gasteiger partial charge in [0.15, 0.2) is 0 Å². The van der Waals surface area contributed by atoms with Gasteiger partial charge in [0.25, 0.3) is 5.91 Å². The Morgan fingerprint density at radius 2 is 2.05 bits per heavy atom. The van der Waals surface area contributed by atoms with E-state index in [1.165, 1.54) is 6.07 Å². The van der Waals surface area contributed by atoms with Crippen molar-refractivity contribution < 1.29 is 14.3 Å². The van der Waals surface area contributed by atoms with E-state index in [4.69, 9.17) is 0 Å². The standard InChI is InChI=1S/C15H23FN2O2/c1-10(2)7-12(9-18(3)4)17-15(20)13-8-11(16)5-6-14(13)19/h5-6,8,10,12,19H,7,9H2,1-4H3,(H,17,20). The van der Waals surface area contributed by atoms with Gasteiger partial charge in [0.2, 0.25) is 0 Å². The van der Waals surface area contributed by atoms with Gasteiger partial charge in [0.05, 0.1) is 5.56 Å². The van der Waals surface area contributed by atoms with Gasteiger partial charge in [-0.2, -0.15) is 0 Å². The van der Waals surface area contributed by atoms with Crippen molar-refractivity contribution in [2.24, 2.45) is 5.92 Å². The van der Waals surface area contributed by atoms with E-state index < -0.39 is 11.7 Å². The van der Waals surface area contributed by atoms with E-state index in [2.05, 4.69) is 19.2 Å². The minimum absolute atomic E-state index is 0.0301. The number of phenolic OH excluding ortho intramolecular Hbond substituents is 1. The van der Waals surface area contributed by atoms with E-state index in [1.54, 1.807) is 0 Å². The summed E-state index contributed by atoms with van der Waals surface area (Å²) >= 11 is 0. The van der Waals surface area contributed by atoms with Crippen LogP contribution in [0.15, 0.2) is 18.2 Å². The molecule has 2 N–H and O–H groups in total. The van der Waals surface area contributed by atoms with Gasteiger partial charge in [-0.05, 0) is 44.6 Å². The third kappa shape index (κ3) is 5.17. The van der Waals surface area contributed by atoms with Crippen LogP contribution in [0, 0.1) is 11.7 Å². The number of amides is 1. The monoisotopic (exact) mass is 282 g/mol. The van der Waals surface area contributed by atoms with Gasteiger partial charge >= 0.3 is 0 Å². The Hall–Kier alpha value is -1.62. The molecule has 0 aromatic heterocycles. The number of nitrogens with one attached hydrogen (secondary N) is 1. The zero-order chi connectivity index (χ0) is 15.3. The molecule has 112 valence electrons. The molecule has 0 spiro atoms. The van der Waals surface area contributed by atoms with Crippen LogP contribution in [0.2, 0.25) is 0 Å².